The molecule has 1 fully saturated rings. The molecule has 1 saturated heterocycles. The van der Waals surface area contributed by atoms with E-state index in [1.807, 2.05) is 30.3 Å². The highest BCUT2D eigenvalue weighted by Crippen LogP contribution is 2.22. The number of hydrogen-bond acceptors (Lipinski definition) is 3. The highest BCUT2D eigenvalue weighted by molar-refractivity contribution is 7.71. The number of aromatic nitrogens is 2. The molecule has 0 saturated carbocycles. The van der Waals surface area contributed by atoms with Crippen LogP contribution in [0.5, 0.6) is 5.88 Å². The van der Waals surface area contributed by atoms with E-state index in [0.29, 0.717) is 5.69 Å². The average molecular weight is 381 g/mol. The minimum atomic E-state index is -0.254. The third-order valence-corrected chi connectivity index (χ3v) is 5.19. The fraction of sp³-hybridized carbons (Fsp3) is 0.300. The Balaban J connectivity index is 1.97. The molecule has 6 nitrogen and oxygen atoms in total. The molecule has 27 heavy (non-hydrogen) atoms. The lowest BCUT2D eigenvalue weighted by Gasteiger charge is -2.15. The molecule has 0 bridgehead atoms. The Labute approximate surface area is 161 Å². The van der Waals surface area contributed by atoms with Crippen molar-refractivity contribution >= 4 is 36.1 Å². The van der Waals surface area contributed by atoms with E-state index in [2.05, 4.69) is 9.56 Å². The van der Waals surface area contributed by atoms with E-state index in [9.17, 15) is 9.90 Å². The quantitative estimate of drug-likeness (QED) is 0.586. The van der Waals surface area contributed by atoms with Gasteiger partial charge in [0, 0.05) is 12.1 Å². The summed E-state index contributed by atoms with van der Waals surface area (Å²) in [5, 5.41) is 12.2. The number of piperidine rings is 1. The van der Waals surface area contributed by atoms with E-state index in [1.54, 1.807) is 6.08 Å². The van der Waals surface area contributed by atoms with Crippen molar-refractivity contribution in [2.45, 2.75) is 26.2 Å². The molecule has 138 valence electrons. The van der Waals surface area contributed by atoms with E-state index in [4.69, 9.17) is 17.2 Å². The second kappa shape index (κ2) is 7.08. The molecule has 0 unspecified atom stereocenters. The maximum absolute atomic E-state index is 12.0. The number of aromatic amines is 1. The predicted octanol–water partition coefficient (Wildman–Crippen LogP) is 2.00. The molecule has 0 amide bonds. The molecule has 3 heterocycles. The Hall–Kier alpha value is -2.80. The van der Waals surface area contributed by atoms with Gasteiger partial charge in [0.1, 0.15) is 5.69 Å². The number of H-pyrrole nitrogens is 1. The van der Waals surface area contributed by atoms with Crippen LogP contribution in [-0.2, 0) is 0 Å². The molecular weight excluding hydrogens is 360 g/mol. The second-order valence-corrected chi connectivity index (χ2v) is 7.19. The van der Waals surface area contributed by atoms with Crippen LogP contribution in [0.4, 0.5) is 0 Å². The van der Waals surface area contributed by atoms with Crippen LogP contribution in [0.1, 0.15) is 36.7 Å². The summed E-state index contributed by atoms with van der Waals surface area (Å²) in [5.41, 5.74) is 1.21. The Morgan fingerprint density at radius 3 is 2.78 bits per heavy atom. The molecule has 0 spiro atoms. The Kier molecular flexibility index (Phi) is 4.61. The smallest absolute Gasteiger partial charge is 0.326 e. The number of para-hydroxylation sites is 1. The van der Waals surface area contributed by atoms with Crippen molar-refractivity contribution in [3.63, 3.8) is 0 Å². The third kappa shape index (κ3) is 3.30. The summed E-state index contributed by atoms with van der Waals surface area (Å²) in [6, 6.07) is 7.95. The van der Waals surface area contributed by atoms with Crippen molar-refractivity contribution in [2.75, 3.05) is 13.1 Å². The van der Waals surface area contributed by atoms with Crippen LogP contribution >= 0.6 is 12.2 Å². The maximum Gasteiger partial charge on any atom is 0.326 e. The summed E-state index contributed by atoms with van der Waals surface area (Å²) < 4.78 is 3.76. The summed E-state index contributed by atoms with van der Waals surface area (Å²) in [4.78, 5) is 19.6. The molecule has 4 rings (SSSR count). The SMILES string of the molecule is CC(=O)n1c(/C=C2\C=c3ccccc3=NC2=[N+]2CCCCC2)c(O)[nH]c1=S. The summed E-state index contributed by atoms with van der Waals surface area (Å²) in [6.45, 7) is 3.32. The zero-order valence-electron chi connectivity index (χ0n) is 15.1. The minimum Gasteiger partial charge on any atom is -0.493 e. The first-order valence-electron chi connectivity index (χ1n) is 9.09. The molecule has 0 radical (unpaired) electrons. The van der Waals surface area contributed by atoms with Gasteiger partial charge in [-0.3, -0.25) is 13.9 Å². The van der Waals surface area contributed by atoms with Crippen LogP contribution in [0.2, 0.25) is 0 Å². The monoisotopic (exact) mass is 381 g/mol. The lowest BCUT2D eigenvalue weighted by atomic mass is 10.1. The third-order valence-electron chi connectivity index (χ3n) is 4.91. The summed E-state index contributed by atoms with van der Waals surface area (Å²) in [5.74, 6) is 0.499. The van der Waals surface area contributed by atoms with E-state index in [0.717, 1.165) is 47.9 Å². The van der Waals surface area contributed by atoms with Gasteiger partial charge in [-0.25, -0.2) is 0 Å². The van der Waals surface area contributed by atoms with Crippen LogP contribution < -0.4 is 10.6 Å². The number of aromatic hydroxyl groups is 1. The molecule has 2 N–H and O–H groups in total. The largest absolute Gasteiger partial charge is 0.493 e. The zero-order valence-corrected chi connectivity index (χ0v) is 15.9. The first-order valence-corrected chi connectivity index (χ1v) is 9.50. The van der Waals surface area contributed by atoms with E-state index >= 15 is 0 Å². The van der Waals surface area contributed by atoms with Crippen molar-refractivity contribution in [1.29, 1.82) is 0 Å². The predicted molar refractivity (Wildman–Crippen MR) is 106 cm³/mol. The molecule has 1 aromatic heterocycles. The van der Waals surface area contributed by atoms with Crippen molar-refractivity contribution in [1.82, 2.24) is 9.55 Å². The summed E-state index contributed by atoms with van der Waals surface area (Å²) in [6.07, 6.45) is 7.32. The van der Waals surface area contributed by atoms with Crippen molar-refractivity contribution in [3.05, 3.63) is 50.9 Å². The highest BCUT2D eigenvalue weighted by Gasteiger charge is 2.24. The van der Waals surface area contributed by atoms with Gasteiger partial charge in [-0.2, -0.15) is 0 Å². The lowest BCUT2D eigenvalue weighted by Crippen LogP contribution is -2.35. The van der Waals surface area contributed by atoms with Gasteiger partial charge >= 0.3 is 5.84 Å². The lowest BCUT2D eigenvalue weighted by molar-refractivity contribution is -0.537. The first kappa shape index (κ1) is 17.6. The fourth-order valence-electron chi connectivity index (χ4n) is 3.62. The minimum absolute atomic E-state index is 0.118. The Morgan fingerprint density at radius 1 is 1.30 bits per heavy atom. The molecule has 7 heteroatoms. The molecule has 2 aromatic rings. The van der Waals surface area contributed by atoms with Crippen molar-refractivity contribution in [3.8, 4) is 5.88 Å². The number of nitrogens with zero attached hydrogens (tertiary/aromatic N) is 3. The number of nitrogens with one attached hydrogen (secondary N) is 1. The van der Waals surface area contributed by atoms with Crippen LogP contribution in [-0.4, -0.2) is 44.1 Å². The summed E-state index contributed by atoms with van der Waals surface area (Å²) >= 11 is 5.17. The van der Waals surface area contributed by atoms with Gasteiger partial charge in [0.05, 0.1) is 18.7 Å². The first-order chi connectivity index (χ1) is 13.0. The van der Waals surface area contributed by atoms with Crippen molar-refractivity contribution in [2.24, 2.45) is 4.99 Å². The number of hydrogen-bond donors (Lipinski definition) is 2. The number of amidine groups is 1. The normalized spacial score (nSPS) is 18.0. The number of carbonyl (C=O) groups excluding carboxylic acids is 1. The fourth-order valence-corrected chi connectivity index (χ4v) is 3.94. The molecule has 0 aliphatic carbocycles. The number of carbonyl (C=O) groups is 1. The van der Waals surface area contributed by atoms with Crippen LogP contribution in [0.3, 0.4) is 0 Å². The maximum atomic E-state index is 12.0. The topological polar surface area (TPSA) is 73.4 Å². The number of rotatable bonds is 1. The van der Waals surface area contributed by atoms with E-state index in [-0.39, 0.29) is 16.6 Å². The zero-order chi connectivity index (χ0) is 19.0. The molecule has 1 aromatic carbocycles. The van der Waals surface area contributed by atoms with Crippen LogP contribution in [0.15, 0.2) is 34.8 Å². The van der Waals surface area contributed by atoms with Crippen LogP contribution in [0, 0.1) is 4.77 Å². The van der Waals surface area contributed by atoms with Crippen molar-refractivity contribution < 1.29 is 14.5 Å². The standard InChI is InChI=1S/C20H20N4O2S/c1-13(25)24-17(19(26)22-20(24)27)12-15-11-14-7-3-4-8-16(14)21-18(15)23-9-5-2-6-10-23/h3-4,7-8,11-12H,2,5-6,9-10H2,1H3,(H,22,26,27)/p+1. The van der Waals surface area contributed by atoms with Gasteiger partial charge in [0.2, 0.25) is 11.8 Å². The number of benzene rings is 1. The van der Waals surface area contributed by atoms with Gasteiger partial charge < -0.3 is 10.1 Å². The van der Waals surface area contributed by atoms with Gasteiger partial charge in [-0.05, 0) is 54.7 Å². The number of fused-ring (bicyclic) bond motifs is 1. The molecule has 2 aliphatic rings. The van der Waals surface area contributed by atoms with Gasteiger partial charge in [-0.1, -0.05) is 18.2 Å². The van der Waals surface area contributed by atoms with E-state index in [1.165, 1.54) is 17.9 Å². The number of imidazole rings is 1. The van der Waals surface area contributed by atoms with Gasteiger partial charge in [0.25, 0.3) is 0 Å². The average Bonchev–Trinajstić information content (AvgIpc) is 2.95. The van der Waals surface area contributed by atoms with E-state index < -0.39 is 0 Å². The molecule has 0 atom stereocenters. The Morgan fingerprint density at radius 2 is 2.04 bits per heavy atom. The van der Waals surface area contributed by atoms with Crippen LogP contribution in [0.25, 0.3) is 12.2 Å². The highest BCUT2D eigenvalue weighted by atomic mass is 32.1. The van der Waals surface area contributed by atoms with Gasteiger partial charge in [-0.15, -0.1) is 0 Å². The summed E-state index contributed by atoms with van der Waals surface area (Å²) in [7, 11) is 0. The Bertz CT molecular complexity index is 1160. The van der Waals surface area contributed by atoms with Gasteiger partial charge in [0.15, 0.2) is 10.1 Å². The molecular formula is C20H21N4O2S+. The molecule has 2 aliphatic heterocycles. The second-order valence-electron chi connectivity index (χ2n) is 6.80.